The second-order valence-corrected chi connectivity index (χ2v) is 8.33. The van der Waals surface area contributed by atoms with Crippen LogP contribution in [0, 0.1) is 18.8 Å². The number of allylic oxidation sites excluding steroid dienone is 1. The summed E-state index contributed by atoms with van der Waals surface area (Å²) in [6, 6.07) is 0. The average molecular weight is 358 g/mol. The molecule has 0 radical (unpaired) electrons. The van der Waals surface area contributed by atoms with Crippen LogP contribution >= 0.6 is 0 Å². The van der Waals surface area contributed by atoms with Gasteiger partial charge in [-0.3, -0.25) is 9.69 Å². The molecular formula is C20H30N4O2. The van der Waals surface area contributed by atoms with Gasteiger partial charge in [-0.25, -0.2) is 4.98 Å². The van der Waals surface area contributed by atoms with Crippen molar-refractivity contribution in [3.63, 3.8) is 0 Å². The molecule has 4 heterocycles. The predicted molar refractivity (Wildman–Crippen MR) is 100.0 cm³/mol. The number of fused-ring (bicyclic) bond motifs is 1. The third kappa shape index (κ3) is 2.79. The fourth-order valence-electron chi connectivity index (χ4n) is 5.29. The molecule has 1 aromatic heterocycles. The van der Waals surface area contributed by atoms with E-state index in [1.165, 1.54) is 12.0 Å². The molecule has 0 aliphatic carbocycles. The van der Waals surface area contributed by atoms with Gasteiger partial charge in [-0.15, -0.1) is 0 Å². The van der Waals surface area contributed by atoms with Crippen LogP contribution < -0.4 is 5.32 Å². The molecular weight excluding hydrogens is 328 g/mol. The van der Waals surface area contributed by atoms with Crippen LogP contribution in [0.15, 0.2) is 18.0 Å². The summed E-state index contributed by atoms with van der Waals surface area (Å²) in [6.07, 6.45) is 6.48. The number of rotatable bonds is 5. The van der Waals surface area contributed by atoms with Crippen molar-refractivity contribution in [2.75, 3.05) is 26.2 Å². The maximum Gasteiger partial charge on any atom is 0.269 e. The van der Waals surface area contributed by atoms with E-state index in [0.717, 1.165) is 31.7 Å². The van der Waals surface area contributed by atoms with E-state index in [4.69, 9.17) is 4.74 Å². The first kappa shape index (κ1) is 17.7. The number of hydrogen-bond donors (Lipinski definition) is 1. The van der Waals surface area contributed by atoms with Crippen LogP contribution in [-0.2, 0) is 11.8 Å². The van der Waals surface area contributed by atoms with Crippen LogP contribution in [-0.4, -0.2) is 58.2 Å². The van der Waals surface area contributed by atoms with E-state index in [0.29, 0.717) is 30.2 Å². The Labute approximate surface area is 155 Å². The predicted octanol–water partition coefficient (Wildman–Crippen LogP) is 1.90. The van der Waals surface area contributed by atoms with E-state index in [-0.39, 0.29) is 11.5 Å². The number of aryl methyl sites for hydroxylation is 2. The van der Waals surface area contributed by atoms with Crippen LogP contribution in [0.1, 0.15) is 42.9 Å². The van der Waals surface area contributed by atoms with E-state index in [1.807, 2.05) is 14.0 Å². The molecule has 1 spiro atoms. The fraction of sp³-hybridized carbons (Fsp3) is 0.700. The summed E-state index contributed by atoms with van der Waals surface area (Å²) in [4.78, 5) is 19.4. The van der Waals surface area contributed by atoms with Crippen LogP contribution in [0.3, 0.4) is 0 Å². The SMILES string of the molecule is CC=C(C)CN1C[C@@H]2[C@H](CNC(=O)c3c(C)ncn3C)[C@H]3CC[C@]2(C1)O3. The molecule has 0 aromatic carbocycles. The molecule has 1 amide bonds. The summed E-state index contributed by atoms with van der Waals surface area (Å²) in [5.74, 6) is 0.912. The van der Waals surface area contributed by atoms with E-state index >= 15 is 0 Å². The Hall–Kier alpha value is -1.66. The van der Waals surface area contributed by atoms with Crippen molar-refractivity contribution in [2.45, 2.75) is 45.3 Å². The fourth-order valence-corrected chi connectivity index (χ4v) is 5.29. The van der Waals surface area contributed by atoms with Crippen LogP contribution in [0.5, 0.6) is 0 Å². The quantitative estimate of drug-likeness (QED) is 0.817. The summed E-state index contributed by atoms with van der Waals surface area (Å²) in [6.45, 7) is 10.00. The normalized spacial score (nSPS) is 33.7. The number of amides is 1. The summed E-state index contributed by atoms with van der Waals surface area (Å²) >= 11 is 0. The molecule has 6 heteroatoms. The number of likely N-dealkylation sites (tertiary alicyclic amines) is 1. The highest BCUT2D eigenvalue weighted by molar-refractivity contribution is 5.93. The maximum atomic E-state index is 12.6. The highest BCUT2D eigenvalue weighted by Crippen LogP contribution is 2.54. The molecule has 3 aliphatic heterocycles. The van der Waals surface area contributed by atoms with E-state index < -0.39 is 0 Å². The van der Waals surface area contributed by atoms with Crippen molar-refractivity contribution in [3.8, 4) is 0 Å². The lowest BCUT2D eigenvalue weighted by Crippen LogP contribution is -2.42. The highest BCUT2D eigenvalue weighted by atomic mass is 16.5. The number of nitrogens with one attached hydrogen (secondary N) is 1. The van der Waals surface area contributed by atoms with Gasteiger partial charge in [0.05, 0.1) is 23.7 Å². The molecule has 3 fully saturated rings. The lowest BCUT2D eigenvalue weighted by molar-refractivity contribution is 0.00348. The lowest BCUT2D eigenvalue weighted by Gasteiger charge is -2.29. The molecule has 3 aliphatic rings. The molecule has 3 saturated heterocycles. The van der Waals surface area contributed by atoms with Crippen molar-refractivity contribution < 1.29 is 9.53 Å². The number of ether oxygens (including phenoxy) is 1. The number of hydrogen-bond acceptors (Lipinski definition) is 4. The number of imidazole rings is 1. The van der Waals surface area contributed by atoms with Gasteiger partial charge >= 0.3 is 0 Å². The van der Waals surface area contributed by atoms with Crippen LogP contribution in [0.4, 0.5) is 0 Å². The first-order valence-corrected chi connectivity index (χ1v) is 9.71. The number of nitrogens with zero attached hydrogens (tertiary/aromatic N) is 3. The van der Waals surface area contributed by atoms with Crippen molar-refractivity contribution in [1.29, 1.82) is 0 Å². The monoisotopic (exact) mass is 358 g/mol. The maximum absolute atomic E-state index is 12.6. The number of carbonyl (C=O) groups is 1. The van der Waals surface area contributed by atoms with Gasteiger partial charge < -0.3 is 14.6 Å². The van der Waals surface area contributed by atoms with Gasteiger partial charge in [0.2, 0.25) is 0 Å². The van der Waals surface area contributed by atoms with E-state index in [1.54, 1.807) is 10.9 Å². The van der Waals surface area contributed by atoms with Gasteiger partial charge in [-0.2, -0.15) is 0 Å². The molecule has 6 nitrogen and oxygen atoms in total. The first-order chi connectivity index (χ1) is 12.4. The van der Waals surface area contributed by atoms with Crippen molar-refractivity contribution in [2.24, 2.45) is 18.9 Å². The second-order valence-electron chi connectivity index (χ2n) is 8.33. The van der Waals surface area contributed by atoms with E-state index in [2.05, 4.69) is 35.1 Å². The third-order valence-electron chi connectivity index (χ3n) is 6.65. The topological polar surface area (TPSA) is 59.4 Å². The summed E-state index contributed by atoms with van der Waals surface area (Å²) in [7, 11) is 1.86. The second kappa shape index (κ2) is 6.50. The molecule has 0 unspecified atom stereocenters. The number of aromatic nitrogens is 2. The van der Waals surface area contributed by atoms with Gasteiger partial charge in [0.1, 0.15) is 5.69 Å². The average Bonchev–Trinajstić information content (AvgIpc) is 3.32. The molecule has 2 bridgehead atoms. The van der Waals surface area contributed by atoms with Gasteiger partial charge in [-0.1, -0.05) is 11.6 Å². The Morgan fingerprint density at radius 3 is 3.04 bits per heavy atom. The Balaban J connectivity index is 1.43. The molecule has 4 atom stereocenters. The van der Waals surface area contributed by atoms with Crippen molar-refractivity contribution >= 4 is 5.91 Å². The van der Waals surface area contributed by atoms with Crippen molar-refractivity contribution in [3.05, 3.63) is 29.4 Å². The van der Waals surface area contributed by atoms with E-state index in [9.17, 15) is 4.79 Å². The first-order valence-electron chi connectivity index (χ1n) is 9.71. The minimum absolute atomic E-state index is 0.0243. The minimum atomic E-state index is -0.0288. The minimum Gasteiger partial charge on any atom is -0.370 e. The highest BCUT2D eigenvalue weighted by Gasteiger charge is 2.62. The summed E-state index contributed by atoms with van der Waals surface area (Å²) in [5, 5.41) is 3.16. The zero-order chi connectivity index (χ0) is 18.5. The zero-order valence-corrected chi connectivity index (χ0v) is 16.3. The van der Waals surface area contributed by atoms with Crippen molar-refractivity contribution in [1.82, 2.24) is 19.8 Å². The van der Waals surface area contributed by atoms with Gasteiger partial charge in [0, 0.05) is 45.1 Å². The van der Waals surface area contributed by atoms with Gasteiger partial charge in [0.25, 0.3) is 5.91 Å². The standard InChI is InChI=1S/C20H30N4O2/c1-5-13(2)9-24-10-16-15(17-6-7-20(16,11-24)26-17)8-21-19(25)18-14(3)22-12-23(18)4/h5,12,15-17H,6-11H2,1-4H3,(H,21,25)/t15-,16+,17+,20+/m0/s1. The molecule has 4 rings (SSSR count). The van der Waals surface area contributed by atoms with Crippen LogP contribution in [0.25, 0.3) is 0 Å². The Kier molecular flexibility index (Phi) is 4.43. The van der Waals surface area contributed by atoms with Gasteiger partial charge in [-0.05, 0) is 33.6 Å². The summed E-state index contributed by atoms with van der Waals surface area (Å²) in [5.41, 5.74) is 2.86. The molecule has 1 N–H and O–H groups in total. The largest absolute Gasteiger partial charge is 0.370 e. The Morgan fingerprint density at radius 2 is 2.35 bits per heavy atom. The molecule has 142 valence electrons. The lowest BCUT2D eigenvalue weighted by atomic mass is 9.73. The Bertz CT molecular complexity index is 721. The number of carbonyl (C=O) groups excluding carboxylic acids is 1. The molecule has 1 aromatic rings. The van der Waals surface area contributed by atoms with Crippen LogP contribution in [0.2, 0.25) is 0 Å². The zero-order valence-electron chi connectivity index (χ0n) is 16.3. The third-order valence-corrected chi connectivity index (χ3v) is 6.65. The molecule has 26 heavy (non-hydrogen) atoms. The summed E-state index contributed by atoms with van der Waals surface area (Å²) < 4.78 is 8.27. The van der Waals surface area contributed by atoms with Gasteiger partial charge in [0.15, 0.2) is 0 Å². The smallest absolute Gasteiger partial charge is 0.269 e. The Morgan fingerprint density at radius 1 is 1.54 bits per heavy atom. The molecule has 0 saturated carbocycles.